The van der Waals surface area contributed by atoms with E-state index < -0.39 is 5.97 Å². The van der Waals surface area contributed by atoms with Crippen molar-refractivity contribution in [2.75, 3.05) is 23.8 Å². The van der Waals surface area contributed by atoms with Crippen LogP contribution in [0.25, 0.3) is 0 Å². The fourth-order valence-corrected chi connectivity index (χ4v) is 2.71. The number of aliphatic hydroxyl groups is 1. The standard InChI is InChI=1S/C14H20N2O3/c15-12-6-5-10(14(18)19)9-13(12)16-7-1-3-11(16)4-2-8-17/h5-6,9,11,17H,1-4,7-8,15H2,(H,18,19). The Morgan fingerprint density at radius 3 is 2.95 bits per heavy atom. The molecular formula is C14H20N2O3. The van der Waals surface area contributed by atoms with E-state index in [0.717, 1.165) is 37.9 Å². The van der Waals surface area contributed by atoms with Crippen LogP contribution in [0.5, 0.6) is 0 Å². The molecule has 0 spiro atoms. The molecule has 4 N–H and O–H groups in total. The summed E-state index contributed by atoms with van der Waals surface area (Å²) in [4.78, 5) is 13.2. The Bertz CT molecular complexity index is 462. The van der Waals surface area contributed by atoms with E-state index in [2.05, 4.69) is 4.90 Å². The zero-order chi connectivity index (χ0) is 13.8. The van der Waals surface area contributed by atoms with Crippen LogP contribution in [0.2, 0.25) is 0 Å². The number of carbonyl (C=O) groups is 1. The van der Waals surface area contributed by atoms with Crippen molar-refractivity contribution in [2.45, 2.75) is 31.7 Å². The van der Waals surface area contributed by atoms with Gasteiger partial charge in [0.1, 0.15) is 0 Å². The summed E-state index contributed by atoms with van der Waals surface area (Å²) >= 11 is 0. The average Bonchev–Trinajstić information content (AvgIpc) is 2.84. The second-order valence-electron chi connectivity index (χ2n) is 4.93. The number of nitrogen functional groups attached to an aromatic ring is 1. The monoisotopic (exact) mass is 264 g/mol. The van der Waals surface area contributed by atoms with E-state index in [9.17, 15) is 4.79 Å². The third-order valence-electron chi connectivity index (χ3n) is 3.66. The van der Waals surface area contributed by atoms with Crippen molar-refractivity contribution in [1.82, 2.24) is 0 Å². The fourth-order valence-electron chi connectivity index (χ4n) is 2.71. The number of anilines is 2. The highest BCUT2D eigenvalue weighted by atomic mass is 16.4. The Balaban J connectivity index is 2.24. The first-order valence-electron chi connectivity index (χ1n) is 6.64. The lowest BCUT2D eigenvalue weighted by molar-refractivity contribution is 0.0697. The van der Waals surface area contributed by atoms with Crippen molar-refractivity contribution >= 4 is 17.3 Å². The SMILES string of the molecule is Nc1ccc(C(=O)O)cc1N1CCCC1CCCO. The number of carboxylic acids is 1. The normalized spacial score (nSPS) is 18.8. The van der Waals surface area contributed by atoms with E-state index in [4.69, 9.17) is 15.9 Å². The van der Waals surface area contributed by atoms with Crippen molar-refractivity contribution in [2.24, 2.45) is 0 Å². The number of rotatable bonds is 5. The molecule has 0 aromatic heterocycles. The van der Waals surface area contributed by atoms with Gasteiger partial charge >= 0.3 is 5.97 Å². The molecule has 1 unspecified atom stereocenters. The lowest BCUT2D eigenvalue weighted by atomic mass is 10.1. The van der Waals surface area contributed by atoms with Gasteiger partial charge in [-0.2, -0.15) is 0 Å². The summed E-state index contributed by atoms with van der Waals surface area (Å²) in [5, 5.41) is 18.0. The first-order chi connectivity index (χ1) is 9.13. The molecule has 5 heteroatoms. The van der Waals surface area contributed by atoms with E-state index in [-0.39, 0.29) is 12.2 Å². The van der Waals surface area contributed by atoms with E-state index in [1.807, 2.05) is 0 Å². The smallest absolute Gasteiger partial charge is 0.335 e. The van der Waals surface area contributed by atoms with E-state index in [1.165, 1.54) is 6.07 Å². The molecule has 1 aromatic rings. The molecule has 104 valence electrons. The maximum Gasteiger partial charge on any atom is 0.335 e. The van der Waals surface area contributed by atoms with Crippen LogP contribution in [-0.2, 0) is 0 Å². The topological polar surface area (TPSA) is 86.8 Å². The summed E-state index contributed by atoms with van der Waals surface area (Å²) in [6.07, 6.45) is 3.82. The molecule has 0 radical (unpaired) electrons. The maximum atomic E-state index is 11.0. The van der Waals surface area contributed by atoms with Crippen molar-refractivity contribution in [3.05, 3.63) is 23.8 Å². The van der Waals surface area contributed by atoms with Crippen LogP contribution in [0.1, 0.15) is 36.0 Å². The van der Waals surface area contributed by atoms with Crippen molar-refractivity contribution in [3.8, 4) is 0 Å². The molecule has 1 aliphatic rings. The van der Waals surface area contributed by atoms with Crippen LogP contribution in [0.4, 0.5) is 11.4 Å². The van der Waals surface area contributed by atoms with Gasteiger partial charge in [-0.05, 0) is 43.9 Å². The molecule has 19 heavy (non-hydrogen) atoms. The van der Waals surface area contributed by atoms with Crippen molar-refractivity contribution in [1.29, 1.82) is 0 Å². The molecule has 1 fully saturated rings. The van der Waals surface area contributed by atoms with Crippen molar-refractivity contribution in [3.63, 3.8) is 0 Å². The quantitative estimate of drug-likeness (QED) is 0.705. The first kappa shape index (κ1) is 13.7. The number of hydrogen-bond acceptors (Lipinski definition) is 4. The third kappa shape index (κ3) is 2.98. The van der Waals surface area contributed by atoms with Gasteiger partial charge in [-0.1, -0.05) is 0 Å². The third-order valence-corrected chi connectivity index (χ3v) is 3.66. The molecule has 1 atom stereocenters. The fraction of sp³-hybridized carbons (Fsp3) is 0.500. The number of nitrogens with two attached hydrogens (primary N) is 1. The second kappa shape index (κ2) is 5.93. The van der Waals surface area contributed by atoms with Gasteiger partial charge in [-0.15, -0.1) is 0 Å². The maximum absolute atomic E-state index is 11.0. The molecule has 1 heterocycles. The van der Waals surface area contributed by atoms with Gasteiger partial charge in [0.05, 0.1) is 16.9 Å². The average molecular weight is 264 g/mol. The van der Waals surface area contributed by atoms with E-state index >= 15 is 0 Å². The van der Waals surface area contributed by atoms with Gasteiger partial charge in [0.2, 0.25) is 0 Å². The minimum atomic E-state index is -0.938. The Morgan fingerprint density at radius 2 is 2.26 bits per heavy atom. The number of carboxylic acid groups (broad SMARTS) is 1. The Labute approximate surface area is 112 Å². The molecule has 0 aliphatic carbocycles. The number of aromatic carboxylic acids is 1. The molecule has 1 aromatic carbocycles. The molecule has 1 aliphatic heterocycles. The lowest BCUT2D eigenvalue weighted by Crippen LogP contribution is -2.30. The van der Waals surface area contributed by atoms with Gasteiger partial charge < -0.3 is 20.8 Å². The summed E-state index contributed by atoms with van der Waals surface area (Å²) in [7, 11) is 0. The minimum Gasteiger partial charge on any atom is -0.478 e. The Hall–Kier alpha value is -1.75. The number of nitrogens with zero attached hydrogens (tertiary/aromatic N) is 1. The van der Waals surface area contributed by atoms with Crippen LogP contribution in [-0.4, -0.2) is 35.4 Å². The number of aliphatic hydroxyl groups excluding tert-OH is 1. The van der Waals surface area contributed by atoms with Crippen LogP contribution in [0.3, 0.4) is 0 Å². The van der Waals surface area contributed by atoms with Crippen LogP contribution < -0.4 is 10.6 Å². The Morgan fingerprint density at radius 1 is 1.47 bits per heavy atom. The molecule has 2 rings (SSSR count). The molecule has 0 bridgehead atoms. The summed E-state index contributed by atoms with van der Waals surface area (Å²) in [5.41, 5.74) is 7.66. The highest BCUT2D eigenvalue weighted by molar-refractivity contribution is 5.90. The second-order valence-corrected chi connectivity index (χ2v) is 4.93. The zero-order valence-electron chi connectivity index (χ0n) is 10.9. The summed E-state index contributed by atoms with van der Waals surface area (Å²) in [6, 6.07) is 5.17. The Kier molecular flexibility index (Phi) is 4.27. The molecule has 0 amide bonds. The van der Waals surface area contributed by atoms with Crippen LogP contribution in [0, 0.1) is 0 Å². The molecule has 0 saturated carbocycles. The van der Waals surface area contributed by atoms with E-state index in [1.54, 1.807) is 12.1 Å². The highest BCUT2D eigenvalue weighted by Crippen LogP contribution is 2.33. The van der Waals surface area contributed by atoms with Gasteiger partial charge in [0.25, 0.3) is 0 Å². The van der Waals surface area contributed by atoms with Gasteiger partial charge in [0.15, 0.2) is 0 Å². The molecule has 1 saturated heterocycles. The number of hydrogen-bond donors (Lipinski definition) is 3. The van der Waals surface area contributed by atoms with Gasteiger partial charge in [-0.3, -0.25) is 0 Å². The predicted octanol–water partition coefficient (Wildman–Crippen LogP) is 1.71. The summed E-state index contributed by atoms with van der Waals surface area (Å²) in [6.45, 7) is 1.08. The summed E-state index contributed by atoms with van der Waals surface area (Å²) in [5.74, 6) is -0.938. The lowest BCUT2D eigenvalue weighted by Gasteiger charge is -2.28. The zero-order valence-corrected chi connectivity index (χ0v) is 10.9. The van der Waals surface area contributed by atoms with Crippen molar-refractivity contribution < 1.29 is 15.0 Å². The summed E-state index contributed by atoms with van der Waals surface area (Å²) < 4.78 is 0. The molecular weight excluding hydrogens is 244 g/mol. The largest absolute Gasteiger partial charge is 0.478 e. The van der Waals surface area contributed by atoms with Gasteiger partial charge in [-0.25, -0.2) is 4.79 Å². The predicted molar refractivity (Wildman–Crippen MR) is 74.5 cm³/mol. The first-order valence-corrected chi connectivity index (χ1v) is 6.64. The number of benzene rings is 1. The van der Waals surface area contributed by atoms with Gasteiger partial charge in [0, 0.05) is 19.2 Å². The van der Waals surface area contributed by atoms with E-state index in [0.29, 0.717) is 11.7 Å². The van der Waals surface area contributed by atoms with Crippen LogP contribution >= 0.6 is 0 Å². The minimum absolute atomic E-state index is 0.189. The highest BCUT2D eigenvalue weighted by Gasteiger charge is 2.26. The van der Waals surface area contributed by atoms with Crippen LogP contribution in [0.15, 0.2) is 18.2 Å². The molecule has 5 nitrogen and oxygen atoms in total.